The van der Waals surface area contributed by atoms with Gasteiger partial charge < -0.3 is 10.4 Å². The normalized spacial score (nSPS) is 22.1. The van der Waals surface area contributed by atoms with Crippen molar-refractivity contribution in [3.63, 3.8) is 0 Å². The van der Waals surface area contributed by atoms with Crippen molar-refractivity contribution >= 4 is 34.5 Å². The summed E-state index contributed by atoms with van der Waals surface area (Å²) in [5.74, 6) is -2.28. The number of nitrogens with one attached hydrogen (secondary N) is 1. The van der Waals surface area contributed by atoms with Gasteiger partial charge in [0.05, 0.1) is 11.5 Å². The van der Waals surface area contributed by atoms with Crippen molar-refractivity contribution in [1.29, 1.82) is 0 Å². The maximum atomic E-state index is 13.5. The lowest BCUT2D eigenvalue weighted by Crippen LogP contribution is -2.47. The summed E-state index contributed by atoms with van der Waals surface area (Å²) in [5.41, 5.74) is 0.0249. The Bertz CT molecular complexity index is 480. The van der Waals surface area contributed by atoms with Crippen molar-refractivity contribution in [1.82, 2.24) is 5.32 Å². The molecule has 1 saturated carbocycles. The number of rotatable bonds is 3. The Morgan fingerprint density at radius 2 is 2.06 bits per heavy atom. The minimum Gasteiger partial charge on any atom is -0.481 e. The Kier molecular flexibility index (Phi) is 3.84. The summed E-state index contributed by atoms with van der Waals surface area (Å²) in [6.45, 7) is 0. The summed E-state index contributed by atoms with van der Waals surface area (Å²) < 4.78 is 14.1. The number of benzene rings is 1. The van der Waals surface area contributed by atoms with E-state index in [1.165, 1.54) is 12.1 Å². The van der Waals surface area contributed by atoms with Crippen LogP contribution in [0, 0.1) is 15.3 Å². The predicted molar refractivity (Wildman–Crippen MR) is 70.7 cm³/mol. The number of amides is 1. The average molecular weight is 363 g/mol. The minimum atomic E-state index is -0.846. The molecule has 0 bridgehead atoms. The van der Waals surface area contributed by atoms with Gasteiger partial charge in [0.1, 0.15) is 5.82 Å². The molecule has 1 aliphatic rings. The van der Waals surface area contributed by atoms with E-state index in [4.69, 9.17) is 5.11 Å². The quantitative estimate of drug-likeness (QED) is 0.808. The van der Waals surface area contributed by atoms with Gasteiger partial charge in [-0.1, -0.05) is 6.07 Å². The zero-order chi connectivity index (χ0) is 13.3. The van der Waals surface area contributed by atoms with Crippen LogP contribution in [0.4, 0.5) is 4.39 Å². The number of carboxylic acid groups (broad SMARTS) is 1. The van der Waals surface area contributed by atoms with Crippen LogP contribution in [0.5, 0.6) is 0 Å². The zero-order valence-corrected chi connectivity index (χ0v) is 11.5. The molecule has 0 heterocycles. The van der Waals surface area contributed by atoms with E-state index in [9.17, 15) is 14.0 Å². The van der Waals surface area contributed by atoms with Crippen LogP contribution in [0.3, 0.4) is 0 Å². The molecule has 0 aliphatic heterocycles. The van der Waals surface area contributed by atoms with Crippen molar-refractivity contribution in [3.8, 4) is 0 Å². The molecule has 0 saturated heterocycles. The third-order valence-electron chi connectivity index (χ3n) is 3.01. The smallest absolute Gasteiger partial charge is 0.306 e. The number of carbonyl (C=O) groups excluding carboxylic acids is 1. The van der Waals surface area contributed by atoms with Crippen molar-refractivity contribution in [2.24, 2.45) is 5.92 Å². The third kappa shape index (κ3) is 2.63. The Morgan fingerprint density at radius 3 is 2.61 bits per heavy atom. The summed E-state index contributed by atoms with van der Waals surface area (Å²) in [6, 6.07) is 4.25. The summed E-state index contributed by atoms with van der Waals surface area (Å²) in [7, 11) is 0. The van der Waals surface area contributed by atoms with E-state index in [1.54, 1.807) is 6.07 Å². The topological polar surface area (TPSA) is 66.4 Å². The molecule has 1 aromatic rings. The van der Waals surface area contributed by atoms with Crippen LogP contribution in [-0.2, 0) is 4.79 Å². The zero-order valence-electron chi connectivity index (χ0n) is 9.32. The second kappa shape index (κ2) is 5.21. The largest absolute Gasteiger partial charge is 0.481 e. The highest BCUT2D eigenvalue weighted by atomic mass is 127. The first-order chi connectivity index (χ1) is 8.49. The SMILES string of the molecule is O=C(NC1CC(C(=O)O)C1)c1c(F)cccc1I. The van der Waals surface area contributed by atoms with E-state index in [1.807, 2.05) is 22.6 Å². The molecule has 96 valence electrons. The summed E-state index contributed by atoms with van der Waals surface area (Å²) in [6.07, 6.45) is 0.818. The Hall–Kier alpha value is -1.18. The van der Waals surface area contributed by atoms with Gasteiger partial charge in [-0.15, -0.1) is 0 Å². The summed E-state index contributed by atoms with van der Waals surface area (Å²) in [4.78, 5) is 22.5. The van der Waals surface area contributed by atoms with Gasteiger partial charge >= 0.3 is 5.97 Å². The van der Waals surface area contributed by atoms with E-state index >= 15 is 0 Å². The molecule has 0 radical (unpaired) electrons. The van der Waals surface area contributed by atoms with Gasteiger partial charge in [0.25, 0.3) is 5.91 Å². The van der Waals surface area contributed by atoms with E-state index in [0.29, 0.717) is 16.4 Å². The Balaban J connectivity index is 2.00. The molecule has 1 fully saturated rings. The minimum absolute atomic E-state index is 0.0249. The number of carboxylic acids is 1. The molecule has 1 aliphatic carbocycles. The Morgan fingerprint density at radius 1 is 1.39 bits per heavy atom. The highest BCUT2D eigenvalue weighted by Gasteiger charge is 2.35. The fourth-order valence-electron chi connectivity index (χ4n) is 1.91. The lowest BCUT2D eigenvalue weighted by atomic mass is 9.80. The second-order valence-electron chi connectivity index (χ2n) is 4.27. The number of hydrogen-bond donors (Lipinski definition) is 2. The molecule has 0 aromatic heterocycles. The van der Waals surface area contributed by atoms with Crippen LogP contribution in [0.2, 0.25) is 0 Å². The number of aliphatic carboxylic acids is 1. The summed E-state index contributed by atoms with van der Waals surface area (Å²) >= 11 is 1.90. The molecule has 0 unspecified atom stereocenters. The van der Waals surface area contributed by atoms with Gasteiger partial charge in [-0.2, -0.15) is 0 Å². The van der Waals surface area contributed by atoms with Gasteiger partial charge in [0, 0.05) is 9.61 Å². The highest BCUT2D eigenvalue weighted by molar-refractivity contribution is 14.1. The van der Waals surface area contributed by atoms with Gasteiger partial charge in [-0.25, -0.2) is 4.39 Å². The fraction of sp³-hybridized carbons (Fsp3) is 0.333. The van der Waals surface area contributed by atoms with Crippen molar-refractivity contribution in [3.05, 3.63) is 33.1 Å². The predicted octanol–water partition coefficient (Wildman–Crippen LogP) is 2.02. The van der Waals surface area contributed by atoms with Crippen molar-refractivity contribution in [2.75, 3.05) is 0 Å². The molecule has 1 amide bonds. The van der Waals surface area contributed by atoms with Crippen LogP contribution < -0.4 is 5.32 Å². The number of halogens is 2. The monoisotopic (exact) mass is 363 g/mol. The van der Waals surface area contributed by atoms with Crippen LogP contribution in [0.1, 0.15) is 23.2 Å². The fourth-order valence-corrected chi connectivity index (χ4v) is 2.62. The lowest BCUT2D eigenvalue weighted by molar-refractivity contribution is -0.145. The molecule has 2 rings (SSSR count). The number of hydrogen-bond acceptors (Lipinski definition) is 2. The second-order valence-corrected chi connectivity index (χ2v) is 5.44. The highest BCUT2D eigenvalue weighted by Crippen LogP contribution is 2.28. The van der Waals surface area contributed by atoms with Crippen LogP contribution >= 0.6 is 22.6 Å². The van der Waals surface area contributed by atoms with Gasteiger partial charge in [-0.05, 0) is 47.6 Å². The first-order valence-corrected chi connectivity index (χ1v) is 6.54. The maximum Gasteiger partial charge on any atom is 0.306 e. The molecular weight excluding hydrogens is 352 g/mol. The first-order valence-electron chi connectivity index (χ1n) is 5.46. The Labute approximate surface area is 117 Å². The van der Waals surface area contributed by atoms with Crippen molar-refractivity contribution in [2.45, 2.75) is 18.9 Å². The van der Waals surface area contributed by atoms with Crippen LogP contribution in [0.15, 0.2) is 18.2 Å². The lowest BCUT2D eigenvalue weighted by Gasteiger charge is -2.32. The molecular formula is C12H11FINO3. The van der Waals surface area contributed by atoms with E-state index < -0.39 is 23.6 Å². The molecule has 2 N–H and O–H groups in total. The summed E-state index contributed by atoms with van der Waals surface area (Å²) in [5, 5.41) is 11.4. The first kappa shape index (κ1) is 13.3. The molecule has 6 heteroatoms. The van der Waals surface area contributed by atoms with Crippen molar-refractivity contribution < 1.29 is 19.1 Å². The maximum absolute atomic E-state index is 13.5. The molecule has 4 nitrogen and oxygen atoms in total. The molecule has 18 heavy (non-hydrogen) atoms. The van der Waals surface area contributed by atoms with Crippen LogP contribution in [-0.4, -0.2) is 23.0 Å². The third-order valence-corrected chi connectivity index (χ3v) is 3.91. The van der Waals surface area contributed by atoms with Gasteiger partial charge in [-0.3, -0.25) is 9.59 Å². The average Bonchev–Trinajstić information content (AvgIpc) is 2.21. The van der Waals surface area contributed by atoms with Crippen LogP contribution in [0.25, 0.3) is 0 Å². The molecule has 0 spiro atoms. The van der Waals surface area contributed by atoms with E-state index in [-0.39, 0.29) is 11.6 Å². The van der Waals surface area contributed by atoms with E-state index in [2.05, 4.69) is 5.32 Å². The molecule has 1 aromatic carbocycles. The number of carbonyl (C=O) groups is 2. The van der Waals surface area contributed by atoms with Gasteiger partial charge in [0.2, 0.25) is 0 Å². The molecule has 0 atom stereocenters. The standard InChI is InChI=1S/C12H11FINO3/c13-8-2-1-3-9(14)10(8)11(16)15-7-4-6(5-7)12(17)18/h1-3,6-7H,4-5H2,(H,15,16)(H,17,18). The van der Waals surface area contributed by atoms with E-state index in [0.717, 1.165) is 0 Å². The van der Waals surface area contributed by atoms with Gasteiger partial charge in [0.15, 0.2) is 0 Å².